The number of likely N-dealkylation sites (tertiary alicyclic amines) is 1. The zero-order valence-electron chi connectivity index (χ0n) is 12.9. The molecule has 1 aliphatic rings. The lowest BCUT2D eigenvalue weighted by molar-refractivity contribution is 0.0168. The molecular formula is C16H17N3O3S. The van der Waals surface area contributed by atoms with Crippen molar-refractivity contribution in [2.75, 3.05) is 26.5 Å². The molecule has 1 amide bonds. The summed E-state index contributed by atoms with van der Waals surface area (Å²) < 4.78 is 11.1. The van der Waals surface area contributed by atoms with Crippen LogP contribution in [0, 0.1) is 0 Å². The Hall–Kier alpha value is -2.28. The number of carbonyl (C=O) groups excluding carboxylic acids is 1. The summed E-state index contributed by atoms with van der Waals surface area (Å²) in [6, 6.07) is 7.49. The number of hydrogen-bond acceptors (Lipinski definition) is 6. The number of benzene rings is 1. The maximum absolute atomic E-state index is 12.3. The molecule has 0 unspecified atom stereocenters. The Labute approximate surface area is 138 Å². The van der Waals surface area contributed by atoms with Crippen LogP contribution < -0.4 is 9.47 Å². The van der Waals surface area contributed by atoms with E-state index in [9.17, 15) is 4.79 Å². The minimum absolute atomic E-state index is 0.0263. The SMILES string of the molecule is COc1ccccc1OC1CN(C(=O)c2cnc(SC)nc2)C1. The van der Waals surface area contributed by atoms with E-state index in [2.05, 4.69) is 9.97 Å². The van der Waals surface area contributed by atoms with Crippen LogP contribution in [0.25, 0.3) is 0 Å². The fraction of sp³-hybridized carbons (Fsp3) is 0.312. The molecule has 2 aromatic rings. The summed E-state index contributed by atoms with van der Waals surface area (Å²) in [5, 5.41) is 0.655. The van der Waals surface area contributed by atoms with Gasteiger partial charge in [-0.2, -0.15) is 0 Å². The van der Waals surface area contributed by atoms with Gasteiger partial charge in [0, 0.05) is 12.4 Å². The van der Waals surface area contributed by atoms with Crippen molar-refractivity contribution in [3.8, 4) is 11.5 Å². The smallest absolute Gasteiger partial charge is 0.257 e. The van der Waals surface area contributed by atoms with Gasteiger partial charge in [-0.1, -0.05) is 23.9 Å². The fourth-order valence-electron chi connectivity index (χ4n) is 2.29. The Morgan fingerprint density at radius 2 is 1.87 bits per heavy atom. The molecule has 1 saturated heterocycles. The van der Waals surface area contributed by atoms with Crippen LogP contribution in [0.3, 0.4) is 0 Å². The second-order valence-electron chi connectivity index (χ2n) is 5.06. The highest BCUT2D eigenvalue weighted by atomic mass is 32.2. The van der Waals surface area contributed by atoms with E-state index in [1.54, 1.807) is 24.4 Å². The normalized spacial score (nSPS) is 14.3. The van der Waals surface area contributed by atoms with Gasteiger partial charge >= 0.3 is 0 Å². The Bertz CT molecular complexity index is 687. The summed E-state index contributed by atoms with van der Waals surface area (Å²) in [7, 11) is 1.61. The Morgan fingerprint density at radius 1 is 1.22 bits per heavy atom. The number of aromatic nitrogens is 2. The first kappa shape index (κ1) is 15.6. The molecule has 0 N–H and O–H groups in total. The lowest BCUT2D eigenvalue weighted by Crippen LogP contribution is -2.56. The molecule has 0 spiro atoms. The molecule has 0 atom stereocenters. The van der Waals surface area contributed by atoms with Gasteiger partial charge < -0.3 is 14.4 Å². The van der Waals surface area contributed by atoms with Crippen LogP contribution >= 0.6 is 11.8 Å². The third kappa shape index (κ3) is 3.39. The van der Waals surface area contributed by atoms with Gasteiger partial charge in [-0.3, -0.25) is 4.79 Å². The minimum Gasteiger partial charge on any atom is -0.493 e. The van der Waals surface area contributed by atoms with Crippen molar-refractivity contribution in [3.05, 3.63) is 42.2 Å². The van der Waals surface area contributed by atoms with Gasteiger partial charge in [0.1, 0.15) is 6.10 Å². The molecule has 1 aromatic carbocycles. The molecule has 23 heavy (non-hydrogen) atoms. The van der Waals surface area contributed by atoms with Crippen LogP contribution in [0.5, 0.6) is 11.5 Å². The van der Waals surface area contributed by atoms with Gasteiger partial charge in [-0.25, -0.2) is 9.97 Å². The van der Waals surface area contributed by atoms with Crippen molar-refractivity contribution in [3.63, 3.8) is 0 Å². The Morgan fingerprint density at radius 3 is 2.48 bits per heavy atom. The highest BCUT2D eigenvalue weighted by Gasteiger charge is 2.33. The van der Waals surface area contributed by atoms with Crippen molar-refractivity contribution >= 4 is 17.7 Å². The maximum atomic E-state index is 12.3. The summed E-state index contributed by atoms with van der Waals surface area (Å²) in [5.74, 6) is 1.32. The van der Waals surface area contributed by atoms with E-state index in [4.69, 9.17) is 9.47 Å². The van der Waals surface area contributed by atoms with Crippen molar-refractivity contribution in [2.24, 2.45) is 0 Å². The van der Waals surface area contributed by atoms with E-state index < -0.39 is 0 Å². The van der Waals surface area contributed by atoms with E-state index in [0.29, 0.717) is 35.3 Å². The number of nitrogens with zero attached hydrogens (tertiary/aromatic N) is 3. The molecule has 1 aliphatic heterocycles. The highest BCUT2D eigenvalue weighted by Crippen LogP contribution is 2.29. The summed E-state index contributed by atoms with van der Waals surface area (Å²) in [6.07, 6.45) is 5.00. The largest absolute Gasteiger partial charge is 0.493 e. The first-order valence-corrected chi connectivity index (χ1v) is 8.38. The van der Waals surface area contributed by atoms with Crippen LogP contribution in [0.15, 0.2) is 41.8 Å². The highest BCUT2D eigenvalue weighted by molar-refractivity contribution is 7.98. The first-order valence-electron chi connectivity index (χ1n) is 7.16. The maximum Gasteiger partial charge on any atom is 0.257 e. The van der Waals surface area contributed by atoms with Crippen LogP contribution in [-0.4, -0.2) is 53.3 Å². The zero-order valence-corrected chi connectivity index (χ0v) is 13.7. The molecule has 120 valence electrons. The fourth-order valence-corrected chi connectivity index (χ4v) is 2.61. The van der Waals surface area contributed by atoms with E-state index >= 15 is 0 Å². The van der Waals surface area contributed by atoms with E-state index in [-0.39, 0.29) is 12.0 Å². The summed E-state index contributed by atoms with van der Waals surface area (Å²) in [5.41, 5.74) is 0.499. The van der Waals surface area contributed by atoms with Crippen LogP contribution in [0.4, 0.5) is 0 Å². The van der Waals surface area contributed by atoms with Crippen molar-refractivity contribution in [2.45, 2.75) is 11.3 Å². The Kier molecular flexibility index (Phi) is 4.66. The first-order chi connectivity index (χ1) is 11.2. The van der Waals surface area contributed by atoms with Crippen molar-refractivity contribution < 1.29 is 14.3 Å². The second-order valence-corrected chi connectivity index (χ2v) is 5.83. The minimum atomic E-state index is -0.0717. The molecular weight excluding hydrogens is 314 g/mol. The molecule has 0 radical (unpaired) electrons. The number of para-hydroxylation sites is 2. The number of rotatable bonds is 5. The lowest BCUT2D eigenvalue weighted by Gasteiger charge is -2.39. The molecule has 6 nitrogen and oxygen atoms in total. The average Bonchev–Trinajstić information content (AvgIpc) is 2.57. The van der Waals surface area contributed by atoms with Crippen LogP contribution in [-0.2, 0) is 0 Å². The molecule has 0 saturated carbocycles. The third-order valence-corrected chi connectivity index (χ3v) is 4.13. The molecule has 7 heteroatoms. The van der Waals surface area contributed by atoms with E-state index in [1.165, 1.54) is 11.8 Å². The summed E-state index contributed by atoms with van der Waals surface area (Å²) >= 11 is 1.44. The predicted molar refractivity (Wildman–Crippen MR) is 87.1 cm³/mol. The zero-order chi connectivity index (χ0) is 16.2. The van der Waals surface area contributed by atoms with Crippen molar-refractivity contribution in [1.82, 2.24) is 14.9 Å². The second kappa shape index (κ2) is 6.87. The third-order valence-electron chi connectivity index (χ3n) is 3.56. The molecule has 0 bridgehead atoms. The van der Waals surface area contributed by atoms with Gasteiger partial charge in [-0.15, -0.1) is 0 Å². The molecule has 2 heterocycles. The number of amides is 1. The molecule has 0 aliphatic carbocycles. The lowest BCUT2D eigenvalue weighted by atomic mass is 10.1. The monoisotopic (exact) mass is 331 g/mol. The average molecular weight is 331 g/mol. The molecule has 3 rings (SSSR count). The number of carbonyl (C=O) groups is 1. The number of thioether (sulfide) groups is 1. The number of methoxy groups -OCH3 is 1. The number of hydrogen-bond donors (Lipinski definition) is 0. The van der Waals surface area contributed by atoms with Gasteiger partial charge in [0.05, 0.1) is 25.8 Å². The molecule has 1 fully saturated rings. The Balaban J connectivity index is 1.57. The van der Waals surface area contributed by atoms with Gasteiger partial charge in [0.25, 0.3) is 5.91 Å². The van der Waals surface area contributed by atoms with Gasteiger partial charge in [0.15, 0.2) is 16.7 Å². The predicted octanol–water partition coefficient (Wildman–Crippen LogP) is 2.11. The topological polar surface area (TPSA) is 64.6 Å². The van der Waals surface area contributed by atoms with Gasteiger partial charge in [-0.05, 0) is 18.4 Å². The quantitative estimate of drug-likeness (QED) is 0.618. The van der Waals surface area contributed by atoms with Crippen LogP contribution in [0.1, 0.15) is 10.4 Å². The van der Waals surface area contributed by atoms with Crippen LogP contribution in [0.2, 0.25) is 0 Å². The summed E-state index contributed by atoms with van der Waals surface area (Å²) in [4.78, 5) is 22.3. The van der Waals surface area contributed by atoms with E-state index in [0.717, 1.165) is 0 Å². The van der Waals surface area contributed by atoms with E-state index in [1.807, 2.05) is 30.5 Å². The number of ether oxygens (including phenoxy) is 2. The summed E-state index contributed by atoms with van der Waals surface area (Å²) in [6.45, 7) is 1.09. The van der Waals surface area contributed by atoms with Crippen molar-refractivity contribution in [1.29, 1.82) is 0 Å². The standard InChI is InChI=1S/C16H17N3O3S/c1-21-13-5-3-4-6-14(13)22-12-9-19(10-12)15(20)11-7-17-16(23-2)18-8-11/h3-8,12H,9-10H2,1-2H3. The van der Waals surface area contributed by atoms with Gasteiger partial charge in [0.2, 0.25) is 0 Å². The molecule has 1 aromatic heterocycles.